The summed E-state index contributed by atoms with van der Waals surface area (Å²) in [5, 5.41) is 9.16. The first kappa shape index (κ1) is 11.5. The third-order valence-electron chi connectivity index (χ3n) is 2.34. The summed E-state index contributed by atoms with van der Waals surface area (Å²) in [6, 6.07) is 2.08. The van der Waals surface area contributed by atoms with Crippen LogP contribution in [-0.2, 0) is 11.3 Å². The van der Waals surface area contributed by atoms with Crippen molar-refractivity contribution >= 4 is 23.6 Å². The van der Waals surface area contributed by atoms with Crippen LogP contribution in [0.15, 0.2) is 11.4 Å². The molecule has 0 saturated heterocycles. The van der Waals surface area contributed by atoms with Crippen molar-refractivity contribution in [1.29, 1.82) is 0 Å². The predicted molar refractivity (Wildman–Crippen MR) is 67.3 cm³/mol. The van der Waals surface area contributed by atoms with Gasteiger partial charge in [-0.2, -0.15) is 5.10 Å². The summed E-state index contributed by atoms with van der Waals surface area (Å²) < 4.78 is 7.68. The second-order valence-electron chi connectivity index (χ2n) is 3.43. The molecule has 6 heteroatoms. The fourth-order valence-electron chi connectivity index (χ4n) is 1.48. The number of methoxy groups -OCH3 is 1. The zero-order chi connectivity index (χ0) is 11.5. The van der Waals surface area contributed by atoms with Gasteiger partial charge in [0.15, 0.2) is 10.6 Å². The molecule has 0 aromatic carbocycles. The highest BCUT2D eigenvalue weighted by molar-refractivity contribution is 7.71. The van der Waals surface area contributed by atoms with Crippen LogP contribution in [0.4, 0.5) is 0 Å². The van der Waals surface area contributed by atoms with Gasteiger partial charge in [0, 0.05) is 7.11 Å². The van der Waals surface area contributed by atoms with E-state index in [-0.39, 0.29) is 0 Å². The minimum Gasteiger partial charge on any atom is -0.383 e. The number of ether oxygens (including phenoxy) is 1. The molecule has 0 aliphatic rings. The molecule has 2 heterocycles. The summed E-state index contributed by atoms with van der Waals surface area (Å²) in [6.07, 6.45) is 0. The summed E-state index contributed by atoms with van der Waals surface area (Å²) in [5.74, 6) is 0.898. The number of nitrogens with zero attached hydrogens (tertiary/aromatic N) is 2. The van der Waals surface area contributed by atoms with Gasteiger partial charge in [0.2, 0.25) is 0 Å². The zero-order valence-corrected chi connectivity index (χ0v) is 10.8. The Morgan fingerprint density at radius 2 is 2.44 bits per heavy atom. The SMILES string of the molecule is COCCn1c(-c2sccc2C)n[nH]c1=S. The van der Waals surface area contributed by atoms with E-state index in [1.807, 2.05) is 4.57 Å². The van der Waals surface area contributed by atoms with Gasteiger partial charge in [0.1, 0.15) is 0 Å². The first-order valence-electron chi connectivity index (χ1n) is 4.92. The third kappa shape index (κ3) is 2.09. The maximum absolute atomic E-state index is 5.20. The van der Waals surface area contributed by atoms with Gasteiger partial charge in [-0.3, -0.25) is 9.67 Å². The number of aromatic amines is 1. The molecule has 0 fully saturated rings. The first-order chi connectivity index (χ1) is 7.74. The lowest BCUT2D eigenvalue weighted by molar-refractivity contribution is 0.187. The average Bonchev–Trinajstić information content (AvgIpc) is 2.82. The molecule has 2 rings (SSSR count). The largest absolute Gasteiger partial charge is 0.383 e. The molecule has 86 valence electrons. The molecule has 0 bridgehead atoms. The summed E-state index contributed by atoms with van der Waals surface area (Å²) in [4.78, 5) is 1.16. The standard InChI is InChI=1S/C10H13N3OS2/c1-7-3-6-16-8(7)9-11-12-10(15)13(9)4-5-14-2/h3,6H,4-5H2,1-2H3,(H,12,15). The van der Waals surface area contributed by atoms with Crippen molar-refractivity contribution < 1.29 is 4.74 Å². The van der Waals surface area contributed by atoms with Crippen LogP contribution < -0.4 is 0 Å². The lowest BCUT2D eigenvalue weighted by atomic mass is 10.3. The van der Waals surface area contributed by atoms with E-state index >= 15 is 0 Å². The minimum atomic E-state index is 0.630. The third-order valence-corrected chi connectivity index (χ3v) is 3.67. The van der Waals surface area contributed by atoms with Crippen LogP contribution >= 0.6 is 23.6 Å². The molecule has 2 aromatic heterocycles. The fourth-order valence-corrected chi connectivity index (χ4v) is 2.63. The monoisotopic (exact) mass is 255 g/mol. The van der Waals surface area contributed by atoms with E-state index in [1.165, 1.54) is 5.56 Å². The van der Waals surface area contributed by atoms with Crippen LogP contribution in [0.1, 0.15) is 5.56 Å². The van der Waals surface area contributed by atoms with Crippen LogP contribution in [-0.4, -0.2) is 28.5 Å². The van der Waals surface area contributed by atoms with E-state index in [0.717, 1.165) is 17.2 Å². The Hall–Kier alpha value is -0.980. The minimum absolute atomic E-state index is 0.630. The van der Waals surface area contributed by atoms with Gasteiger partial charge >= 0.3 is 0 Å². The lowest BCUT2D eigenvalue weighted by Gasteiger charge is -2.05. The Labute approximate surface area is 103 Å². The topological polar surface area (TPSA) is 42.8 Å². The van der Waals surface area contributed by atoms with Crippen LogP contribution in [0.3, 0.4) is 0 Å². The van der Waals surface area contributed by atoms with Crippen molar-refractivity contribution in [2.75, 3.05) is 13.7 Å². The van der Waals surface area contributed by atoms with Crippen molar-refractivity contribution in [3.63, 3.8) is 0 Å². The highest BCUT2D eigenvalue weighted by Gasteiger charge is 2.11. The number of hydrogen-bond donors (Lipinski definition) is 1. The molecular weight excluding hydrogens is 242 g/mol. The first-order valence-corrected chi connectivity index (χ1v) is 6.21. The number of thiophene rings is 1. The highest BCUT2D eigenvalue weighted by Crippen LogP contribution is 2.27. The van der Waals surface area contributed by atoms with E-state index in [4.69, 9.17) is 17.0 Å². The zero-order valence-electron chi connectivity index (χ0n) is 9.19. The van der Waals surface area contributed by atoms with Crippen LogP contribution in [0.25, 0.3) is 10.7 Å². The van der Waals surface area contributed by atoms with Crippen molar-refractivity contribution in [2.45, 2.75) is 13.5 Å². The van der Waals surface area contributed by atoms with Crippen LogP contribution in [0.2, 0.25) is 0 Å². The number of nitrogens with one attached hydrogen (secondary N) is 1. The molecular formula is C10H13N3OS2. The number of rotatable bonds is 4. The maximum Gasteiger partial charge on any atom is 0.195 e. The van der Waals surface area contributed by atoms with Crippen molar-refractivity contribution in [3.05, 3.63) is 21.8 Å². The molecule has 2 aromatic rings. The molecule has 0 aliphatic heterocycles. The molecule has 16 heavy (non-hydrogen) atoms. The fraction of sp³-hybridized carbons (Fsp3) is 0.400. The summed E-state index contributed by atoms with van der Waals surface area (Å²) >= 11 is 6.87. The molecule has 0 amide bonds. The van der Waals surface area contributed by atoms with E-state index in [2.05, 4.69) is 28.6 Å². The molecule has 0 radical (unpaired) electrons. The van der Waals surface area contributed by atoms with Gasteiger partial charge in [0.05, 0.1) is 18.0 Å². The molecule has 0 atom stereocenters. The summed E-state index contributed by atoms with van der Waals surface area (Å²) in [7, 11) is 1.68. The van der Waals surface area contributed by atoms with Gasteiger partial charge in [-0.1, -0.05) is 0 Å². The van der Waals surface area contributed by atoms with E-state index in [0.29, 0.717) is 11.4 Å². The Balaban J connectivity index is 2.42. The van der Waals surface area contributed by atoms with Crippen molar-refractivity contribution in [3.8, 4) is 10.7 Å². The quantitative estimate of drug-likeness (QED) is 0.854. The highest BCUT2D eigenvalue weighted by atomic mass is 32.1. The van der Waals surface area contributed by atoms with E-state index in [9.17, 15) is 0 Å². The van der Waals surface area contributed by atoms with Gasteiger partial charge in [-0.15, -0.1) is 11.3 Å². The van der Waals surface area contributed by atoms with Gasteiger partial charge in [0.25, 0.3) is 0 Å². The smallest absolute Gasteiger partial charge is 0.195 e. The maximum atomic E-state index is 5.20. The van der Waals surface area contributed by atoms with Gasteiger partial charge in [-0.05, 0) is 36.2 Å². The normalized spacial score (nSPS) is 10.9. The number of H-pyrrole nitrogens is 1. The molecule has 0 spiro atoms. The average molecular weight is 255 g/mol. The predicted octanol–water partition coefficient (Wildman–Crippen LogP) is 2.62. The summed E-state index contributed by atoms with van der Waals surface area (Å²) in [6.45, 7) is 3.42. The van der Waals surface area contributed by atoms with Gasteiger partial charge < -0.3 is 4.74 Å². The Morgan fingerprint density at radius 3 is 3.06 bits per heavy atom. The number of hydrogen-bond acceptors (Lipinski definition) is 4. The van der Waals surface area contributed by atoms with E-state index < -0.39 is 0 Å². The molecule has 0 aliphatic carbocycles. The Kier molecular flexibility index (Phi) is 3.52. The Morgan fingerprint density at radius 1 is 1.62 bits per heavy atom. The van der Waals surface area contributed by atoms with Gasteiger partial charge in [-0.25, -0.2) is 0 Å². The second-order valence-corrected chi connectivity index (χ2v) is 4.73. The second kappa shape index (κ2) is 4.90. The lowest BCUT2D eigenvalue weighted by Crippen LogP contribution is -2.06. The van der Waals surface area contributed by atoms with Crippen molar-refractivity contribution in [2.24, 2.45) is 0 Å². The molecule has 0 saturated carbocycles. The summed E-state index contributed by atoms with van der Waals surface area (Å²) in [5.41, 5.74) is 1.22. The number of aryl methyl sites for hydroxylation is 1. The number of aromatic nitrogens is 3. The van der Waals surface area contributed by atoms with E-state index in [1.54, 1.807) is 18.4 Å². The molecule has 0 unspecified atom stereocenters. The van der Waals surface area contributed by atoms with Crippen LogP contribution in [0.5, 0.6) is 0 Å². The van der Waals surface area contributed by atoms with Crippen LogP contribution in [0, 0.1) is 11.7 Å². The van der Waals surface area contributed by atoms with Crippen molar-refractivity contribution in [1.82, 2.24) is 14.8 Å². The molecule has 4 nitrogen and oxygen atoms in total. The molecule has 1 N–H and O–H groups in total. The Bertz CT molecular complexity index is 526.